The summed E-state index contributed by atoms with van der Waals surface area (Å²) in [7, 11) is 0. The first-order valence-corrected chi connectivity index (χ1v) is 5.60. The van der Waals surface area contributed by atoms with Crippen molar-refractivity contribution in [1.29, 1.82) is 0 Å². The van der Waals surface area contributed by atoms with Gasteiger partial charge in [0.15, 0.2) is 11.6 Å². The first-order chi connectivity index (χ1) is 8.28. The lowest BCUT2D eigenvalue weighted by molar-refractivity contribution is -0.135. The molecule has 0 aliphatic rings. The average Bonchev–Trinajstić information content (AvgIpc) is 2.21. The van der Waals surface area contributed by atoms with Crippen LogP contribution in [0.15, 0.2) is 18.2 Å². The van der Waals surface area contributed by atoms with Crippen molar-refractivity contribution in [1.82, 2.24) is 0 Å². The standard InChI is InChI=1S/C12H15F4NO/c1-8(3-2-6-12(14,15)16)17-9-4-5-11(18)10(13)7-9/h4-5,7-8,17-18H,2-3,6H2,1H3. The number of benzene rings is 1. The van der Waals surface area contributed by atoms with E-state index in [1.807, 2.05) is 0 Å². The minimum absolute atomic E-state index is 0.0260. The summed E-state index contributed by atoms with van der Waals surface area (Å²) < 4.78 is 48.8. The van der Waals surface area contributed by atoms with Crippen molar-refractivity contribution in [2.45, 2.75) is 38.4 Å². The van der Waals surface area contributed by atoms with Gasteiger partial charge in [0, 0.05) is 24.2 Å². The van der Waals surface area contributed by atoms with Crippen LogP contribution in [-0.2, 0) is 0 Å². The number of phenols is 1. The van der Waals surface area contributed by atoms with E-state index in [1.165, 1.54) is 12.1 Å². The minimum Gasteiger partial charge on any atom is -0.505 e. The highest BCUT2D eigenvalue weighted by Gasteiger charge is 2.26. The molecule has 1 unspecified atom stereocenters. The molecule has 0 fully saturated rings. The number of hydrogen-bond donors (Lipinski definition) is 2. The largest absolute Gasteiger partial charge is 0.505 e. The Labute approximate surface area is 103 Å². The molecule has 6 heteroatoms. The lowest BCUT2D eigenvalue weighted by Gasteiger charge is -2.16. The SMILES string of the molecule is CC(CCCC(F)(F)F)Nc1ccc(O)c(F)c1. The molecule has 18 heavy (non-hydrogen) atoms. The summed E-state index contributed by atoms with van der Waals surface area (Å²) in [5.74, 6) is -1.22. The minimum atomic E-state index is -4.13. The molecule has 0 saturated carbocycles. The molecule has 102 valence electrons. The van der Waals surface area contributed by atoms with Gasteiger partial charge >= 0.3 is 6.18 Å². The molecule has 0 amide bonds. The third-order valence-corrected chi connectivity index (χ3v) is 2.46. The second-order valence-corrected chi connectivity index (χ2v) is 4.22. The van der Waals surface area contributed by atoms with Crippen molar-refractivity contribution in [2.75, 3.05) is 5.32 Å². The van der Waals surface area contributed by atoms with Crippen molar-refractivity contribution in [3.63, 3.8) is 0 Å². The molecular formula is C12H15F4NO. The predicted molar refractivity (Wildman–Crippen MR) is 61.1 cm³/mol. The van der Waals surface area contributed by atoms with Gasteiger partial charge in [-0.3, -0.25) is 0 Å². The Morgan fingerprint density at radius 3 is 2.56 bits per heavy atom. The van der Waals surface area contributed by atoms with Crippen molar-refractivity contribution in [3.8, 4) is 5.75 Å². The van der Waals surface area contributed by atoms with Gasteiger partial charge in [-0.2, -0.15) is 13.2 Å². The first-order valence-electron chi connectivity index (χ1n) is 5.60. The van der Waals surface area contributed by atoms with E-state index in [9.17, 15) is 17.6 Å². The maximum absolute atomic E-state index is 13.0. The third-order valence-electron chi connectivity index (χ3n) is 2.46. The van der Waals surface area contributed by atoms with Crippen LogP contribution < -0.4 is 5.32 Å². The van der Waals surface area contributed by atoms with Gasteiger partial charge in [-0.1, -0.05) is 0 Å². The zero-order valence-corrected chi connectivity index (χ0v) is 9.89. The molecule has 0 aromatic heterocycles. The zero-order chi connectivity index (χ0) is 13.8. The highest BCUT2D eigenvalue weighted by atomic mass is 19.4. The zero-order valence-electron chi connectivity index (χ0n) is 9.89. The lowest BCUT2D eigenvalue weighted by Crippen LogP contribution is -2.16. The molecule has 2 N–H and O–H groups in total. The van der Waals surface area contributed by atoms with E-state index in [1.54, 1.807) is 6.92 Å². The Bertz CT molecular complexity index is 392. The van der Waals surface area contributed by atoms with E-state index in [2.05, 4.69) is 5.32 Å². The Hall–Kier alpha value is -1.46. The van der Waals surface area contributed by atoms with Gasteiger partial charge in [-0.15, -0.1) is 0 Å². The summed E-state index contributed by atoms with van der Waals surface area (Å²) >= 11 is 0. The van der Waals surface area contributed by atoms with E-state index < -0.39 is 24.2 Å². The molecule has 0 aliphatic carbocycles. The fourth-order valence-electron chi connectivity index (χ4n) is 1.56. The van der Waals surface area contributed by atoms with Gasteiger partial charge in [0.05, 0.1) is 0 Å². The van der Waals surface area contributed by atoms with E-state index in [4.69, 9.17) is 5.11 Å². The van der Waals surface area contributed by atoms with E-state index >= 15 is 0 Å². The van der Waals surface area contributed by atoms with Crippen LogP contribution in [0.3, 0.4) is 0 Å². The van der Waals surface area contributed by atoms with Crippen molar-refractivity contribution in [2.24, 2.45) is 0 Å². The van der Waals surface area contributed by atoms with Crippen LogP contribution in [0, 0.1) is 5.82 Å². The van der Waals surface area contributed by atoms with Gasteiger partial charge < -0.3 is 10.4 Å². The quantitative estimate of drug-likeness (QED) is 0.621. The van der Waals surface area contributed by atoms with E-state index in [0.29, 0.717) is 12.1 Å². The number of nitrogens with one attached hydrogen (secondary N) is 1. The molecule has 1 aromatic rings. The summed E-state index contributed by atoms with van der Waals surface area (Å²) in [6, 6.07) is 3.57. The number of anilines is 1. The summed E-state index contributed by atoms with van der Waals surface area (Å²) in [4.78, 5) is 0. The van der Waals surface area contributed by atoms with Crippen molar-refractivity contribution in [3.05, 3.63) is 24.0 Å². The first kappa shape index (κ1) is 14.6. The summed E-state index contributed by atoms with van der Waals surface area (Å²) in [6.45, 7) is 1.72. The number of hydrogen-bond acceptors (Lipinski definition) is 2. The van der Waals surface area contributed by atoms with Gasteiger partial charge in [0.2, 0.25) is 0 Å². The van der Waals surface area contributed by atoms with Crippen LogP contribution in [0.2, 0.25) is 0 Å². The number of phenolic OH excluding ortho intramolecular Hbond substituents is 1. The topological polar surface area (TPSA) is 32.3 Å². The summed E-state index contributed by atoms with van der Waals surface area (Å²) in [5, 5.41) is 11.9. The molecule has 0 spiro atoms. The molecule has 1 atom stereocenters. The normalized spacial score (nSPS) is 13.4. The molecule has 0 heterocycles. The molecule has 0 aliphatic heterocycles. The van der Waals surface area contributed by atoms with Crippen LogP contribution >= 0.6 is 0 Å². The highest BCUT2D eigenvalue weighted by molar-refractivity contribution is 5.47. The summed E-state index contributed by atoms with van der Waals surface area (Å²) in [5.41, 5.74) is 0.435. The van der Waals surface area contributed by atoms with Crippen LogP contribution in [0.4, 0.5) is 23.2 Å². The van der Waals surface area contributed by atoms with E-state index in [-0.39, 0.29) is 12.5 Å². The number of aromatic hydroxyl groups is 1. The third kappa shape index (κ3) is 5.25. The van der Waals surface area contributed by atoms with Gasteiger partial charge in [-0.25, -0.2) is 4.39 Å². The molecule has 1 aromatic carbocycles. The van der Waals surface area contributed by atoms with Gasteiger partial charge in [0.1, 0.15) is 0 Å². The molecule has 0 saturated heterocycles. The van der Waals surface area contributed by atoms with Gasteiger partial charge in [-0.05, 0) is 31.9 Å². The molecule has 1 rings (SSSR count). The number of halogens is 4. The van der Waals surface area contributed by atoms with Gasteiger partial charge in [0.25, 0.3) is 0 Å². The van der Waals surface area contributed by atoms with Crippen LogP contribution in [0.5, 0.6) is 5.75 Å². The number of rotatable bonds is 5. The molecular weight excluding hydrogens is 250 g/mol. The monoisotopic (exact) mass is 265 g/mol. The second kappa shape index (κ2) is 5.93. The van der Waals surface area contributed by atoms with E-state index in [0.717, 1.165) is 6.07 Å². The lowest BCUT2D eigenvalue weighted by atomic mass is 10.1. The second-order valence-electron chi connectivity index (χ2n) is 4.22. The Kier molecular flexibility index (Phi) is 4.81. The highest BCUT2D eigenvalue weighted by Crippen LogP contribution is 2.24. The average molecular weight is 265 g/mol. The Morgan fingerprint density at radius 2 is 2.00 bits per heavy atom. The smallest absolute Gasteiger partial charge is 0.389 e. The maximum atomic E-state index is 13.0. The Balaban J connectivity index is 2.40. The van der Waals surface area contributed by atoms with Crippen LogP contribution in [0.1, 0.15) is 26.2 Å². The summed E-state index contributed by atoms with van der Waals surface area (Å²) in [6.07, 6.45) is -4.59. The number of alkyl halides is 3. The fraction of sp³-hybridized carbons (Fsp3) is 0.500. The predicted octanol–water partition coefficient (Wildman–Crippen LogP) is 4.06. The van der Waals surface area contributed by atoms with Crippen LogP contribution in [0.25, 0.3) is 0 Å². The molecule has 2 nitrogen and oxygen atoms in total. The molecule has 0 bridgehead atoms. The van der Waals surface area contributed by atoms with Crippen LogP contribution in [-0.4, -0.2) is 17.3 Å². The van der Waals surface area contributed by atoms with Crippen molar-refractivity contribution < 1.29 is 22.7 Å². The molecule has 0 radical (unpaired) electrons. The van der Waals surface area contributed by atoms with Crippen molar-refractivity contribution >= 4 is 5.69 Å². The fourth-order valence-corrected chi connectivity index (χ4v) is 1.56. The maximum Gasteiger partial charge on any atom is 0.389 e. The Morgan fingerprint density at radius 1 is 1.33 bits per heavy atom.